The number of nitrogens with one attached hydrogen (secondary N) is 2. The molecule has 0 radical (unpaired) electrons. The molecule has 4 aromatic carbocycles. The molecule has 0 aromatic heterocycles. The second kappa shape index (κ2) is 9.44. The molecule has 0 fully saturated rings. The number of aldehydes is 2. The molecule has 0 aliphatic rings. The zero-order valence-electron chi connectivity index (χ0n) is 18.0. The third-order valence-corrected chi connectivity index (χ3v) is 5.69. The highest BCUT2D eigenvalue weighted by atomic mass is 16.2. The van der Waals surface area contributed by atoms with Gasteiger partial charge in [-0.15, -0.1) is 0 Å². The van der Waals surface area contributed by atoms with Crippen LogP contribution >= 0.6 is 0 Å². The number of hydrogen-bond acceptors (Lipinski definition) is 4. The Kier molecular flexibility index (Phi) is 6.26. The molecule has 0 spiro atoms. The van der Waals surface area contributed by atoms with Gasteiger partial charge in [-0.2, -0.15) is 0 Å². The van der Waals surface area contributed by atoms with Gasteiger partial charge in [0.1, 0.15) is 6.17 Å². The zero-order valence-corrected chi connectivity index (χ0v) is 18.0. The molecule has 164 valence electrons. The molecule has 33 heavy (non-hydrogen) atoms. The predicted molar refractivity (Wildman–Crippen MR) is 128 cm³/mol. The first kappa shape index (κ1) is 21.9. The van der Waals surface area contributed by atoms with Crippen LogP contribution in [0.15, 0.2) is 72.8 Å². The average Bonchev–Trinajstić information content (AvgIpc) is 2.86. The van der Waals surface area contributed by atoms with Crippen molar-refractivity contribution in [2.45, 2.75) is 19.5 Å². The topological polar surface area (TPSA) is 92.3 Å². The van der Waals surface area contributed by atoms with E-state index in [-0.39, 0.29) is 11.1 Å². The molecule has 4 rings (SSSR count). The van der Waals surface area contributed by atoms with Crippen molar-refractivity contribution in [2.24, 2.45) is 0 Å². The van der Waals surface area contributed by atoms with Gasteiger partial charge in [0.25, 0.3) is 11.8 Å². The van der Waals surface area contributed by atoms with Gasteiger partial charge in [0, 0.05) is 11.1 Å². The fourth-order valence-electron chi connectivity index (χ4n) is 3.95. The van der Waals surface area contributed by atoms with Crippen molar-refractivity contribution in [2.75, 3.05) is 0 Å². The van der Waals surface area contributed by atoms with Gasteiger partial charge in [-0.25, -0.2) is 0 Å². The minimum atomic E-state index is -0.693. The highest BCUT2D eigenvalue weighted by Crippen LogP contribution is 2.22. The van der Waals surface area contributed by atoms with Crippen LogP contribution in [0.3, 0.4) is 0 Å². The molecular formula is C27H22N2O4. The van der Waals surface area contributed by atoms with E-state index in [2.05, 4.69) is 10.6 Å². The monoisotopic (exact) mass is 438 g/mol. The van der Waals surface area contributed by atoms with Crippen molar-refractivity contribution in [3.05, 3.63) is 95.1 Å². The van der Waals surface area contributed by atoms with Crippen LogP contribution in [0.4, 0.5) is 0 Å². The van der Waals surface area contributed by atoms with E-state index in [1.165, 1.54) is 0 Å². The Morgan fingerprint density at radius 3 is 1.52 bits per heavy atom. The SMILES string of the molecule is CCC(NC(=O)c1ccc2ccccc2c1C=O)NC(=O)c1ccc2ccccc2c1C=O. The highest BCUT2D eigenvalue weighted by Gasteiger charge is 2.20. The maximum atomic E-state index is 13.0. The molecular weight excluding hydrogens is 416 g/mol. The third-order valence-electron chi connectivity index (χ3n) is 5.69. The number of benzene rings is 4. The first-order valence-electron chi connectivity index (χ1n) is 10.6. The summed E-state index contributed by atoms with van der Waals surface area (Å²) >= 11 is 0. The van der Waals surface area contributed by atoms with Crippen molar-refractivity contribution in [3.8, 4) is 0 Å². The van der Waals surface area contributed by atoms with Gasteiger partial charge in [0.05, 0.1) is 11.1 Å². The molecule has 0 bridgehead atoms. The summed E-state index contributed by atoms with van der Waals surface area (Å²) in [5.41, 5.74) is 1.06. The van der Waals surface area contributed by atoms with E-state index in [9.17, 15) is 19.2 Å². The van der Waals surface area contributed by atoms with Crippen LogP contribution < -0.4 is 10.6 Å². The van der Waals surface area contributed by atoms with E-state index in [0.717, 1.165) is 10.8 Å². The molecule has 4 aromatic rings. The summed E-state index contributed by atoms with van der Waals surface area (Å²) in [6, 6.07) is 21.4. The number of rotatable bonds is 7. The van der Waals surface area contributed by atoms with Crippen LogP contribution in [0, 0.1) is 0 Å². The van der Waals surface area contributed by atoms with E-state index in [1.54, 1.807) is 48.5 Å². The van der Waals surface area contributed by atoms with Crippen molar-refractivity contribution in [3.63, 3.8) is 0 Å². The first-order chi connectivity index (χ1) is 16.1. The van der Waals surface area contributed by atoms with E-state index < -0.39 is 18.0 Å². The Morgan fingerprint density at radius 1 is 0.697 bits per heavy atom. The molecule has 0 unspecified atom stereocenters. The van der Waals surface area contributed by atoms with Gasteiger partial charge < -0.3 is 10.6 Å². The smallest absolute Gasteiger partial charge is 0.253 e. The number of carbonyl (C=O) groups excluding carboxylic acids is 4. The van der Waals surface area contributed by atoms with Gasteiger partial charge in [0.15, 0.2) is 12.6 Å². The summed E-state index contributed by atoms with van der Waals surface area (Å²) in [5, 5.41) is 8.64. The quantitative estimate of drug-likeness (QED) is 0.328. The molecule has 0 aliphatic heterocycles. The Balaban J connectivity index is 1.58. The summed E-state index contributed by atoms with van der Waals surface area (Å²) in [5.74, 6) is -0.937. The van der Waals surface area contributed by atoms with Crippen molar-refractivity contribution in [1.29, 1.82) is 0 Å². The minimum absolute atomic E-state index is 0.232. The van der Waals surface area contributed by atoms with Gasteiger partial charge in [-0.1, -0.05) is 67.6 Å². The van der Waals surface area contributed by atoms with E-state index in [1.807, 2.05) is 31.2 Å². The first-order valence-corrected chi connectivity index (χ1v) is 10.6. The lowest BCUT2D eigenvalue weighted by molar-refractivity contribution is 0.0876. The van der Waals surface area contributed by atoms with Crippen molar-refractivity contribution < 1.29 is 19.2 Å². The third kappa shape index (κ3) is 4.23. The van der Waals surface area contributed by atoms with E-state index in [4.69, 9.17) is 0 Å². The van der Waals surface area contributed by atoms with Crippen LogP contribution in [0.1, 0.15) is 54.8 Å². The van der Waals surface area contributed by atoms with Gasteiger partial charge in [-0.05, 0) is 40.1 Å². The second-order valence-corrected chi connectivity index (χ2v) is 7.64. The summed E-state index contributed by atoms with van der Waals surface area (Å²) < 4.78 is 0. The number of amides is 2. The summed E-state index contributed by atoms with van der Waals surface area (Å²) in [7, 11) is 0. The molecule has 6 heteroatoms. The van der Waals surface area contributed by atoms with Gasteiger partial charge in [0.2, 0.25) is 0 Å². The molecule has 0 saturated heterocycles. The Bertz CT molecular complexity index is 1290. The molecule has 0 aliphatic carbocycles. The van der Waals surface area contributed by atoms with Crippen LogP contribution in [0.2, 0.25) is 0 Å². The Labute approximate surface area is 190 Å². The highest BCUT2D eigenvalue weighted by molar-refractivity contribution is 6.11. The molecule has 0 atom stereocenters. The maximum Gasteiger partial charge on any atom is 0.253 e. The van der Waals surface area contributed by atoms with Crippen LogP contribution in [-0.4, -0.2) is 30.6 Å². The number of fused-ring (bicyclic) bond motifs is 2. The summed E-state index contributed by atoms with van der Waals surface area (Å²) in [4.78, 5) is 49.5. The van der Waals surface area contributed by atoms with Gasteiger partial charge in [-0.3, -0.25) is 19.2 Å². The lowest BCUT2D eigenvalue weighted by Gasteiger charge is -2.20. The fourth-order valence-corrected chi connectivity index (χ4v) is 3.95. The van der Waals surface area contributed by atoms with Crippen molar-refractivity contribution >= 4 is 45.9 Å². The molecule has 2 amide bonds. The lowest BCUT2D eigenvalue weighted by Crippen LogP contribution is -2.48. The lowest BCUT2D eigenvalue weighted by atomic mass is 9.99. The summed E-state index contributed by atoms with van der Waals surface area (Å²) in [6.45, 7) is 1.81. The predicted octanol–water partition coefficient (Wildman–Crippen LogP) is 4.51. The Morgan fingerprint density at radius 2 is 1.12 bits per heavy atom. The fraction of sp³-hybridized carbons (Fsp3) is 0.111. The summed E-state index contributed by atoms with van der Waals surface area (Å²) in [6.07, 6.45) is 1.05. The van der Waals surface area contributed by atoms with Crippen molar-refractivity contribution in [1.82, 2.24) is 10.6 Å². The number of carbonyl (C=O) groups is 4. The van der Waals surface area contributed by atoms with E-state index in [0.29, 0.717) is 40.9 Å². The standard InChI is InChI=1S/C27H22N2O4/c1-2-25(28-26(32)21-13-11-17-7-3-5-9-19(17)23(21)15-30)29-27(33)22-14-12-18-8-4-6-10-20(18)24(22)16-31/h3-16,25H,2H2,1H3,(H,28,32)(H,29,33). The van der Waals surface area contributed by atoms with Gasteiger partial charge >= 0.3 is 0 Å². The average molecular weight is 438 g/mol. The molecule has 0 saturated carbocycles. The normalized spacial score (nSPS) is 10.8. The maximum absolute atomic E-state index is 13.0. The molecule has 2 N–H and O–H groups in total. The molecule has 6 nitrogen and oxygen atoms in total. The van der Waals surface area contributed by atoms with Crippen LogP contribution in [0.5, 0.6) is 0 Å². The molecule has 0 heterocycles. The van der Waals surface area contributed by atoms with Crippen LogP contribution in [0.25, 0.3) is 21.5 Å². The minimum Gasteiger partial charge on any atom is -0.332 e. The second-order valence-electron chi connectivity index (χ2n) is 7.64. The zero-order chi connectivity index (χ0) is 23.4. The number of hydrogen-bond donors (Lipinski definition) is 2. The van der Waals surface area contributed by atoms with E-state index >= 15 is 0 Å². The Hall–Kier alpha value is -4.32. The largest absolute Gasteiger partial charge is 0.332 e. The van der Waals surface area contributed by atoms with Crippen LogP contribution in [-0.2, 0) is 0 Å².